The number of aromatic nitrogens is 4. The first-order chi connectivity index (χ1) is 9.33. The van der Waals surface area contributed by atoms with Crippen molar-refractivity contribution in [3.63, 3.8) is 0 Å². The van der Waals surface area contributed by atoms with Gasteiger partial charge < -0.3 is 9.88 Å². The summed E-state index contributed by atoms with van der Waals surface area (Å²) in [6, 6.07) is 0. The lowest BCUT2D eigenvalue weighted by Crippen LogP contribution is -2.33. The number of carbonyl (C=O) groups excluding carboxylic acids is 1. The van der Waals surface area contributed by atoms with Gasteiger partial charge in [-0.15, -0.1) is 0 Å². The summed E-state index contributed by atoms with van der Waals surface area (Å²) >= 11 is 0. The second-order valence-electron chi connectivity index (χ2n) is 4.70. The van der Waals surface area contributed by atoms with Crippen LogP contribution in [0.25, 0.3) is 0 Å². The lowest BCUT2D eigenvalue weighted by atomic mass is 9.98. The van der Waals surface area contributed by atoms with Gasteiger partial charge in [-0.2, -0.15) is 0 Å². The zero-order valence-electron chi connectivity index (χ0n) is 10.5. The highest BCUT2D eigenvalue weighted by molar-refractivity contribution is 5.91. The zero-order valence-corrected chi connectivity index (χ0v) is 10.5. The summed E-state index contributed by atoms with van der Waals surface area (Å²) < 4.78 is 2.17. The molecule has 0 spiro atoms. The van der Waals surface area contributed by atoms with E-state index < -0.39 is 0 Å². The quantitative estimate of drug-likeness (QED) is 0.877. The molecule has 3 heterocycles. The minimum absolute atomic E-state index is 0.165. The van der Waals surface area contributed by atoms with Crippen molar-refractivity contribution in [2.75, 3.05) is 6.54 Å². The molecule has 0 radical (unpaired) electrons. The van der Waals surface area contributed by atoms with Crippen LogP contribution in [-0.4, -0.2) is 32.0 Å². The molecule has 2 aromatic rings. The standard InChI is InChI=1S/C13H15N5O/c19-13(11-9-14-2-3-15-11)17-8-10-1-5-18-6-4-16-12(18)7-10/h2-4,6,9-10H,1,5,7-8H2,(H,17,19). The van der Waals surface area contributed by atoms with Crippen molar-refractivity contribution in [3.05, 3.63) is 42.5 Å². The third kappa shape index (κ3) is 2.62. The van der Waals surface area contributed by atoms with Gasteiger partial charge in [0.15, 0.2) is 0 Å². The Kier molecular flexibility index (Phi) is 3.22. The molecule has 0 saturated carbocycles. The molecule has 3 rings (SSSR count). The largest absolute Gasteiger partial charge is 0.350 e. The van der Waals surface area contributed by atoms with Gasteiger partial charge in [0.05, 0.1) is 6.20 Å². The van der Waals surface area contributed by atoms with Gasteiger partial charge in [-0.25, -0.2) is 9.97 Å². The highest BCUT2D eigenvalue weighted by atomic mass is 16.1. The van der Waals surface area contributed by atoms with E-state index in [2.05, 4.69) is 24.8 Å². The Morgan fingerprint density at radius 2 is 2.32 bits per heavy atom. The van der Waals surface area contributed by atoms with Crippen LogP contribution in [0.1, 0.15) is 22.7 Å². The molecular weight excluding hydrogens is 242 g/mol. The topological polar surface area (TPSA) is 72.7 Å². The summed E-state index contributed by atoms with van der Waals surface area (Å²) in [5.74, 6) is 1.38. The number of hydrogen-bond acceptors (Lipinski definition) is 4. The van der Waals surface area contributed by atoms with E-state index in [4.69, 9.17) is 0 Å². The van der Waals surface area contributed by atoms with Gasteiger partial charge in [0.2, 0.25) is 0 Å². The third-order valence-corrected chi connectivity index (χ3v) is 3.40. The molecule has 2 aromatic heterocycles. The fourth-order valence-electron chi connectivity index (χ4n) is 2.33. The fourth-order valence-corrected chi connectivity index (χ4v) is 2.33. The maximum Gasteiger partial charge on any atom is 0.271 e. The molecule has 1 atom stereocenters. The van der Waals surface area contributed by atoms with Crippen LogP contribution < -0.4 is 5.32 Å². The van der Waals surface area contributed by atoms with Gasteiger partial charge in [-0.1, -0.05) is 0 Å². The van der Waals surface area contributed by atoms with Crippen LogP contribution >= 0.6 is 0 Å². The molecule has 0 aliphatic carbocycles. The number of aryl methyl sites for hydroxylation is 1. The van der Waals surface area contributed by atoms with Crippen molar-refractivity contribution in [2.45, 2.75) is 19.4 Å². The summed E-state index contributed by atoms with van der Waals surface area (Å²) in [6.45, 7) is 1.63. The first-order valence-electron chi connectivity index (χ1n) is 6.37. The molecule has 1 amide bonds. The highest BCUT2D eigenvalue weighted by Crippen LogP contribution is 2.18. The monoisotopic (exact) mass is 257 g/mol. The molecule has 19 heavy (non-hydrogen) atoms. The maximum absolute atomic E-state index is 11.8. The molecule has 0 saturated heterocycles. The minimum atomic E-state index is -0.165. The molecule has 6 heteroatoms. The van der Waals surface area contributed by atoms with Crippen LogP contribution in [0.2, 0.25) is 0 Å². The lowest BCUT2D eigenvalue weighted by molar-refractivity contribution is 0.0939. The Morgan fingerprint density at radius 1 is 1.37 bits per heavy atom. The number of hydrogen-bond donors (Lipinski definition) is 1. The summed E-state index contributed by atoms with van der Waals surface area (Å²) in [4.78, 5) is 24.0. The molecule has 1 aliphatic rings. The van der Waals surface area contributed by atoms with Crippen LogP contribution in [0.3, 0.4) is 0 Å². The van der Waals surface area contributed by atoms with Gasteiger partial charge in [-0.05, 0) is 12.3 Å². The van der Waals surface area contributed by atoms with Gasteiger partial charge in [0, 0.05) is 44.3 Å². The highest BCUT2D eigenvalue weighted by Gasteiger charge is 2.20. The SMILES string of the molecule is O=C(NCC1CCn2ccnc2C1)c1cnccn1. The summed E-state index contributed by atoms with van der Waals surface area (Å²) in [5, 5.41) is 2.91. The van der Waals surface area contributed by atoms with Crippen molar-refractivity contribution in [1.29, 1.82) is 0 Å². The number of carbonyl (C=O) groups is 1. The van der Waals surface area contributed by atoms with E-state index >= 15 is 0 Å². The van der Waals surface area contributed by atoms with Crippen molar-refractivity contribution in [2.24, 2.45) is 5.92 Å². The van der Waals surface area contributed by atoms with Crippen LogP contribution in [0.4, 0.5) is 0 Å². The number of fused-ring (bicyclic) bond motifs is 1. The van der Waals surface area contributed by atoms with Crippen LogP contribution in [-0.2, 0) is 13.0 Å². The third-order valence-electron chi connectivity index (χ3n) is 3.40. The summed E-state index contributed by atoms with van der Waals surface area (Å²) in [5.41, 5.74) is 0.361. The maximum atomic E-state index is 11.8. The van der Waals surface area contributed by atoms with Gasteiger partial charge >= 0.3 is 0 Å². The molecule has 98 valence electrons. The molecule has 0 bridgehead atoms. The van der Waals surface area contributed by atoms with Crippen molar-refractivity contribution < 1.29 is 4.79 Å². The first-order valence-corrected chi connectivity index (χ1v) is 6.37. The Morgan fingerprint density at radius 3 is 3.16 bits per heavy atom. The second-order valence-corrected chi connectivity index (χ2v) is 4.70. The van der Waals surface area contributed by atoms with E-state index in [0.717, 1.165) is 25.2 Å². The predicted octanol–water partition coefficient (Wildman–Crippen LogP) is 0.665. The Hall–Kier alpha value is -2.24. The number of nitrogens with zero attached hydrogens (tertiary/aromatic N) is 4. The van der Waals surface area contributed by atoms with E-state index in [0.29, 0.717) is 18.2 Å². The molecule has 0 fully saturated rings. The Bertz CT molecular complexity index is 565. The average Bonchev–Trinajstić information content (AvgIpc) is 2.93. The van der Waals surface area contributed by atoms with Crippen molar-refractivity contribution in [1.82, 2.24) is 24.8 Å². The summed E-state index contributed by atoms with van der Waals surface area (Å²) in [6.07, 6.45) is 10.4. The number of rotatable bonds is 3. The molecular formula is C13H15N5O. The van der Waals surface area contributed by atoms with Gasteiger partial charge in [0.1, 0.15) is 11.5 Å². The smallest absolute Gasteiger partial charge is 0.271 e. The Labute approximate surface area is 110 Å². The minimum Gasteiger partial charge on any atom is -0.350 e. The number of imidazole rings is 1. The van der Waals surface area contributed by atoms with E-state index in [1.54, 1.807) is 6.20 Å². The number of amides is 1. The van der Waals surface area contributed by atoms with E-state index in [9.17, 15) is 4.79 Å². The summed E-state index contributed by atoms with van der Waals surface area (Å²) in [7, 11) is 0. The molecule has 1 N–H and O–H groups in total. The van der Waals surface area contributed by atoms with Gasteiger partial charge in [0.25, 0.3) is 5.91 Å². The fraction of sp³-hybridized carbons (Fsp3) is 0.385. The first kappa shape index (κ1) is 11.8. The molecule has 0 aromatic carbocycles. The van der Waals surface area contributed by atoms with E-state index in [1.165, 1.54) is 12.4 Å². The zero-order chi connectivity index (χ0) is 13.1. The second kappa shape index (κ2) is 5.17. The Balaban J connectivity index is 1.55. The van der Waals surface area contributed by atoms with Crippen LogP contribution in [0.15, 0.2) is 31.0 Å². The molecule has 6 nitrogen and oxygen atoms in total. The van der Waals surface area contributed by atoms with Gasteiger partial charge in [-0.3, -0.25) is 9.78 Å². The normalized spacial score (nSPS) is 17.8. The van der Waals surface area contributed by atoms with Crippen molar-refractivity contribution in [3.8, 4) is 0 Å². The lowest BCUT2D eigenvalue weighted by Gasteiger charge is -2.23. The van der Waals surface area contributed by atoms with Crippen LogP contribution in [0, 0.1) is 5.92 Å². The molecule has 1 aliphatic heterocycles. The average molecular weight is 257 g/mol. The number of nitrogens with one attached hydrogen (secondary N) is 1. The van der Waals surface area contributed by atoms with Crippen molar-refractivity contribution >= 4 is 5.91 Å². The van der Waals surface area contributed by atoms with E-state index in [-0.39, 0.29) is 5.91 Å². The van der Waals surface area contributed by atoms with E-state index in [1.807, 2.05) is 12.4 Å². The van der Waals surface area contributed by atoms with Crippen LogP contribution in [0.5, 0.6) is 0 Å². The predicted molar refractivity (Wildman–Crippen MR) is 68.4 cm³/mol. The molecule has 1 unspecified atom stereocenters.